The molecule has 6 rings (SSSR count). The van der Waals surface area contributed by atoms with Gasteiger partial charge in [-0.25, -0.2) is 0 Å². The third kappa shape index (κ3) is 9.51. The number of carbonyl (C=O) groups is 3. The van der Waals surface area contributed by atoms with Gasteiger partial charge in [0.05, 0.1) is 18.8 Å². The van der Waals surface area contributed by atoms with Gasteiger partial charge >= 0.3 is 12.1 Å². The number of likely N-dealkylation sites (tertiary alicyclic amines) is 1. The van der Waals surface area contributed by atoms with Crippen LogP contribution in [0.1, 0.15) is 61.3 Å². The molecular formula is C41H42F3N3O6S. The number of halogens is 3. The standard InChI is InChI=1S/C41H42F3N3O6S/c1-25-36(24-54-34-18-16-33(17-19-34)46-26(2)49)52-39(53-37(25)30-10-8-27(23-48)9-11-30)31-14-12-29(13-15-31)32-6-3-5-28(21-32)22-45-38(50)35-7-4-20-47(35)40(51)41(42,43)44/h3,5-6,8-19,21,25,35-37,39,48H,4,7,20,22-24H2,1-2H3,(H,45,50)(H,46,49)/t25-,35+,36+,37+,39+/m1/s1. The van der Waals surface area contributed by atoms with Crippen LogP contribution in [-0.4, -0.2) is 58.3 Å². The third-order valence-corrected chi connectivity index (χ3v) is 10.8. The number of hydrogen-bond acceptors (Lipinski definition) is 7. The van der Waals surface area contributed by atoms with Crippen molar-refractivity contribution in [3.8, 4) is 11.1 Å². The van der Waals surface area contributed by atoms with E-state index in [0.29, 0.717) is 17.1 Å². The van der Waals surface area contributed by atoms with Gasteiger partial charge in [0, 0.05) is 47.8 Å². The highest BCUT2D eigenvalue weighted by molar-refractivity contribution is 7.99. The van der Waals surface area contributed by atoms with Gasteiger partial charge in [-0.3, -0.25) is 14.4 Å². The molecule has 3 N–H and O–H groups in total. The monoisotopic (exact) mass is 761 g/mol. The summed E-state index contributed by atoms with van der Waals surface area (Å²) in [5.74, 6) is -2.07. The smallest absolute Gasteiger partial charge is 0.392 e. The Hall–Kier alpha value is -4.69. The van der Waals surface area contributed by atoms with E-state index in [4.69, 9.17) is 9.47 Å². The van der Waals surface area contributed by atoms with Gasteiger partial charge < -0.3 is 30.1 Å². The average molecular weight is 762 g/mol. The van der Waals surface area contributed by atoms with E-state index in [1.54, 1.807) is 11.8 Å². The Balaban J connectivity index is 1.14. The lowest BCUT2D eigenvalue weighted by molar-refractivity contribution is -0.268. The maximum atomic E-state index is 13.0. The second-order valence-corrected chi connectivity index (χ2v) is 14.6. The zero-order valence-electron chi connectivity index (χ0n) is 29.8. The van der Waals surface area contributed by atoms with E-state index in [-0.39, 0.29) is 50.2 Å². The summed E-state index contributed by atoms with van der Waals surface area (Å²) in [6, 6.07) is 29.6. The number of aliphatic hydroxyl groups is 1. The normalized spacial score (nSPS) is 21.4. The largest absolute Gasteiger partial charge is 0.471 e. The molecule has 0 spiro atoms. The van der Waals surface area contributed by atoms with Crippen LogP contribution in [0.2, 0.25) is 0 Å². The maximum Gasteiger partial charge on any atom is 0.471 e. The van der Waals surface area contributed by atoms with Gasteiger partial charge in [0.25, 0.3) is 0 Å². The molecule has 2 fully saturated rings. The van der Waals surface area contributed by atoms with Gasteiger partial charge in [0.1, 0.15) is 6.04 Å². The van der Waals surface area contributed by atoms with Gasteiger partial charge in [0.2, 0.25) is 11.8 Å². The van der Waals surface area contributed by atoms with Crippen molar-refractivity contribution in [3.63, 3.8) is 0 Å². The van der Waals surface area contributed by atoms with E-state index < -0.39 is 30.3 Å². The predicted molar refractivity (Wildman–Crippen MR) is 199 cm³/mol. The van der Waals surface area contributed by atoms with Crippen LogP contribution in [0.4, 0.5) is 18.9 Å². The van der Waals surface area contributed by atoms with Gasteiger partial charge in [0.15, 0.2) is 6.29 Å². The lowest BCUT2D eigenvalue weighted by Gasteiger charge is -2.41. The topological polar surface area (TPSA) is 117 Å². The van der Waals surface area contributed by atoms with Crippen LogP contribution < -0.4 is 10.6 Å². The van der Waals surface area contributed by atoms with Crippen molar-refractivity contribution in [2.75, 3.05) is 17.6 Å². The Kier molecular flexibility index (Phi) is 12.4. The molecule has 9 nitrogen and oxygen atoms in total. The fraction of sp³-hybridized carbons (Fsp3) is 0.341. The number of hydrogen-bond donors (Lipinski definition) is 3. The van der Waals surface area contributed by atoms with E-state index in [1.807, 2.05) is 97.1 Å². The number of amides is 3. The highest BCUT2D eigenvalue weighted by Gasteiger charge is 2.47. The molecule has 54 heavy (non-hydrogen) atoms. The lowest BCUT2D eigenvalue weighted by Crippen LogP contribution is -2.50. The van der Waals surface area contributed by atoms with Crippen molar-refractivity contribution in [2.24, 2.45) is 5.92 Å². The molecule has 2 heterocycles. The number of ether oxygens (including phenoxy) is 2. The minimum absolute atomic E-state index is 0.00301. The highest BCUT2D eigenvalue weighted by Crippen LogP contribution is 2.43. The maximum absolute atomic E-state index is 13.0. The van der Waals surface area contributed by atoms with E-state index in [9.17, 15) is 32.7 Å². The Labute approximate surface area is 316 Å². The van der Waals surface area contributed by atoms with Crippen LogP contribution >= 0.6 is 11.8 Å². The summed E-state index contributed by atoms with van der Waals surface area (Å²) in [7, 11) is 0. The SMILES string of the molecule is CC(=O)Nc1ccc(SC[C@@H]2O[C@H](c3ccc(-c4cccc(CNC(=O)[C@@H]5CCCN5C(=O)C(F)(F)F)c4)cc3)O[C@H](c3ccc(CO)cc3)[C@@H]2C)cc1. The molecule has 0 radical (unpaired) electrons. The van der Waals surface area contributed by atoms with Crippen molar-refractivity contribution in [2.45, 2.75) is 75.5 Å². The van der Waals surface area contributed by atoms with E-state index in [1.165, 1.54) is 6.92 Å². The molecule has 13 heteroatoms. The lowest BCUT2D eigenvalue weighted by atomic mass is 9.91. The molecule has 2 aliphatic rings. The second-order valence-electron chi connectivity index (χ2n) is 13.5. The van der Waals surface area contributed by atoms with Crippen LogP contribution in [0.25, 0.3) is 11.1 Å². The molecule has 5 atom stereocenters. The number of benzene rings is 4. The summed E-state index contributed by atoms with van der Waals surface area (Å²) in [5.41, 5.74) is 5.89. The van der Waals surface area contributed by atoms with Crippen LogP contribution in [-0.2, 0) is 37.0 Å². The van der Waals surface area contributed by atoms with Crippen molar-refractivity contribution in [1.82, 2.24) is 10.2 Å². The molecule has 2 saturated heterocycles. The van der Waals surface area contributed by atoms with Crippen LogP contribution in [0.15, 0.2) is 102 Å². The fourth-order valence-corrected chi connectivity index (χ4v) is 7.84. The van der Waals surface area contributed by atoms with Crippen molar-refractivity contribution in [3.05, 3.63) is 119 Å². The number of rotatable bonds is 11. The molecule has 4 aromatic carbocycles. The van der Waals surface area contributed by atoms with E-state index in [2.05, 4.69) is 17.6 Å². The predicted octanol–water partition coefficient (Wildman–Crippen LogP) is 7.56. The van der Waals surface area contributed by atoms with Crippen LogP contribution in [0.5, 0.6) is 0 Å². The summed E-state index contributed by atoms with van der Waals surface area (Å²) in [6.45, 7) is 3.52. The second kappa shape index (κ2) is 17.2. The number of nitrogens with one attached hydrogen (secondary N) is 2. The quantitative estimate of drug-likeness (QED) is 0.135. The summed E-state index contributed by atoms with van der Waals surface area (Å²) in [4.78, 5) is 37.7. The van der Waals surface area contributed by atoms with Gasteiger partial charge in [-0.1, -0.05) is 73.7 Å². The Morgan fingerprint density at radius 3 is 2.26 bits per heavy atom. The summed E-state index contributed by atoms with van der Waals surface area (Å²) >= 11 is 1.66. The molecule has 284 valence electrons. The molecule has 0 aromatic heterocycles. The number of nitrogens with zero attached hydrogens (tertiary/aromatic N) is 1. The van der Waals surface area contributed by atoms with Crippen LogP contribution in [0.3, 0.4) is 0 Å². The third-order valence-electron chi connectivity index (χ3n) is 9.68. The summed E-state index contributed by atoms with van der Waals surface area (Å²) in [6.07, 6.45) is -5.64. The van der Waals surface area contributed by atoms with Gasteiger partial charge in [-0.05, 0) is 71.0 Å². The minimum atomic E-state index is -5.03. The van der Waals surface area contributed by atoms with Crippen molar-refractivity contribution < 1.29 is 42.1 Å². The Morgan fingerprint density at radius 1 is 0.889 bits per heavy atom. The zero-order valence-corrected chi connectivity index (χ0v) is 30.7. The zero-order chi connectivity index (χ0) is 38.4. The van der Waals surface area contributed by atoms with Crippen molar-refractivity contribution >= 4 is 35.2 Å². The minimum Gasteiger partial charge on any atom is -0.392 e. The van der Waals surface area contributed by atoms with E-state index in [0.717, 1.165) is 44.0 Å². The van der Waals surface area contributed by atoms with Crippen molar-refractivity contribution in [1.29, 1.82) is 0 Å². The number of alkyl halides is 3. The summed E-state index contributed by atoms with van der Waals surface area (Å²) < 4.78 is 52.4. The first-order valence-corrected chi connectivity index (χ1v) is 18.7. The number of carbonyl (C=O) groups excluding carboxylic acids is 3. The molecule has 2 aliphatic heterocycles. The average Bonchev–Trinajstić information content (AvgIpc) is 3.67. The molecule has 3 amide bonds. The summed E-state index contributed by atoms with van der Waals surface area (Å²) in [5, 5.41) is 15.1. The number of anilines is 1. The first-order chi connectivity index (χ1) is 25.9. The molecule has 0 unspecified atom stereocenters. The molecule has 0 aliphatic carbocycles. The number of aliphatic hydroxyl groups excluding tert-OH is 1. The number of thioether (sulfide) groups is 1. The Morgan fingerprint density at radius 2 is 1.59 bits per heavy atom. The first-order valence-electron chi connectivity index (χ1n) is 17.8. The fourth-order valence-electron chi connectivity index (χ4n) is 6.77. The molecule has 4 aromatic rings. The van der Waals surface area contributed by atoms with E-state index >= 15 is 0 Å². The van der Waals surface area contributed by atoms with Crippen LogP contribution in [0, 0.1) is 5.92 Å². The molecule has 0 saturated carbocycles. The highest BCUT2D eigenvalue weighted by atomic mass is 32.2. The first kappa shape index (κ1) is 39.0. The Bertz CT molecular complexity index is 1920. The van der Waals surface area contributed by atoms with Gasteiger partial charge in [-0.2, -0.15) is 13.2 Å². The molecule has 0 bridgehead atoms. The van der Waals surface area contributed by atoms with Gasteiger partial charge in [-0.15, -0.1) is 11.8 Å². The molecular weight excluding hydrogens is 720 g/mol.